The van der Waals surface area contributed by atoms with Crippen LogP contribution in [0.2, 0.25) is 0 Å². The Labute approximate surface area is 118 Å². The van der Waals surface area contributed by atoms with Crippen molar-refractivity contribution in [2.45, 2.75) is 48.9 Å². The molecule has 0 N–H and O–H groups in total. The van der Waals surface area contributed by atoms with Crippen molar-refractivity contribution in [3.8, 4) is 0 Å². The highest BCUT2D eigenvalue weighted by molar-refractivity contribution is 8.00. The van der Waals surface area contributed by atoms with Crippen LogP contribution in [0.4, 0.5) is 0 Å². The van der Waals surface area contributed by atoms with Gasteiger partial charge in [0.15, 0.2) is 0 Å². The van der Waals surface area contributed by atoms with Crippen molar-refractivity contribution in [2.24, 2.45) is 5.92 Å². The molecule has 2 aliphatic rings. The third kappa shape index (κ3) is 2.87. The first-order valence-electron chi connectivity index (χ1n) is 7.10. The predicted octanol–water partition coefficient (Wildman–Crippen LogP) is 3.61. The van der Waals surface area contributed by atoms with Gasteiger partial charge in [0, 0.05) is 30.8 Å². The standard InChI is InChI=1S/C16H20O2S/c1-18-16-10-13-9-11(6-7-15(13)19-16)8-12-4-2-3-5-14(12)17/h6-7,9,12,16H,2-5,8,10H2,1H3. The van der Waals surface area contributed by atoms with E-state index in [4.69, 9.17) is 4.74 Å². The minimum absolute atomic E-state index is 0.263. The van der Waals surface area contributed by atoms with Crippen molar-refractivity contribution in [3.63, 3.8) is 0 Å². The van der Waals surface area contributed by atoms with Crippen LogP contribution in [0.1, 0.15) is 36.8 Å². The lowest BCUT2D eigenvalue weighted by molar-refractivity contribution is -0.124. The normalized spacial score (nSPS) is 26.5. The molecule has 2 unspecified atom stereocenters. The molecule has 1 aromatic rings. The van der Waals surface area contributed by atoms with Crippen LogP contribution in [0.15, 0.2) is 23.1 Å². The van der Waals surface area contributed by atoms with E-state index in [0.29, 0.717) is 5.78 Å². The van der Waals surface area contributed by atoms with Crippen molar-refractivity contribution in [1.29, 1.82) is 0 Å². The van der Waals surface area contributed by atoms with Crippen LogP contribution in [-0.2, 0) is 22.4 Å². The van der Waals surface area contributed by atoms with Crippen LogP contribution >= 0.6 is 11.8 Å². The summed E-state index contributed by atoms with van der Waals surface area (Å²) in [6, 6.07) is 6.66. The topological polar surface area (TPSA) is 26.3 Å². The molecular formula is C16H20O2S. The van der Waals surface area contributed by atoms with Crippen LogP contribution in [0.5, 0.6) is 0 Å². The number of ketones is 1. The summed E-state index contributed by atoms with van der Waals surface area (Å²) in [6.45, 7) is 0. The summed E-state index contributed by atoms with van der Waals surface area (Å²) in [5.74, 6) is 0.731. The highest BCUT2D eigenvalue weighted by Gasteiger charge is 2.25. The number of ether oxygens (including phenoxy) is 1. The highest BCUT2D eigenvalue weighted by Crippen LogP contribution is 2.38. The lowest BCUT2D eigenvalue weighted by atomic mass is 9.83. The van der Waals surface area contributed by atoms with E-state index < -0.39 is 0 Å². The van der Waals surface area contributed by atoms with E-state index in [1.165, 1.54) is 22.4 Å². The van der Waals surface area contributed by atoms with Gasteiger partial charge in [-0.25, -0.2) is 0 Å². The van der Waals surface area contributed by atoms with E-state index in [1.54, 1.807) is 18.9 Å². The van der Waals surface area contributed by atoms with Crippen LogP contribution in [0.3, 0.4) is 0 Å². The molecule has 1 aliphatic carbocycles. The zero-order valence-corrected chi connectivity index (χ0v) is 12.2. The number of hydrogen-bond acceptors (Lipinski definition) is 3. The number of benzene rings is 1. The average Bonchev–Trinajstić information content (AvgIpc) is 2.83. The van der Waals surface area contributed by atoms with Gasteiger partial charge in [-0.3, -0.25) is 4.79 Å². The minimum Gasteiger partial charge on any atom is -0.370 e. The molecule has 0 spiro atoms. The maximum Gasteiger partial charge on any atom is 0.136 e. The number of Topliss-reactive ketones (excluding diaryl/α,β-unsaturated/α-hetero) is 1. The van der Waals surface area contributed by atoms with Crippen molar-refractivity contribution in [3.05, 3.63) is 29.3 Å². The van der Waals surface area contributed by atoms with Gasteiger partial charge in [0.25, 0.3) is 0 Å². The summed E-state index contributed by atoms with van der Waals surface area (Å²) in [6.07, 6.45) is 6.08. The first kappa shape index (κ1) is 13.2. The van der Waals surface area contributed by atoms with Gasteiger partial charge in [-0.1, -0.05) is 30.3 Å². The van der Waals surface area contributed by atoms with Crippen LogP contribution < -0.4 is 0 Å². The Bertz CT molecular complexity index is 484. The van der Waals surface area contributed by atoms with E-state index in [0.717, 1.165) is 32.1 Å². The smallest absolute Gasteiger partial charge is 0.136 e. The van der Waals surface area contributed by atoms with Crippen LogP contribution in [0, 0.1) is 5.92 Å². The maximum atomic E-state index is 11.9. The van der Waals surface area contributed by atoms with Crippen LogP contribution in [-0.4, -0.2) is 18.3 Å². The van der Waals surface area contributed by atoms with Gasteiger partial charge < -0.3 is 4.74 Å². The minimum atomic E-state index is 0.263. The first-order chi connectivity index (χ1) is 9.26. The average molecular weight is 276 g/mol. The molecule has 1 saturated carbocycles. The molecule has 1 aliphatic heterocycles. The molecule has 102 valence electrons. The molecule has 2 nitrogen and oxygen atoms in total. The third-order valence-electron chi connectivity index (χ3n) is 4.20. The van der Waals surface area contributed by atoms with Gasteiger partial charge >= 0.3 is 0 Å². The molecule has 0 aromatic heterocycles. The third-order valence-corrected chi connectivity index (χ3v) is 5.47. The van der Waals surface area contributed by atoms with Crippen molar-refractivity contribution in [1.82, 2.24) is 0 Å². The Morgan fingerprint density at radius 3 is 3.05 bits per heavy atom. The fourth-order valence-corrected chi connectivity index (χ4v) is 4.17. The van der Waals surface area contributed by atoms with E-state index >= 15 is 0 Å². The fraction of sp³-hybridized carbons (Fsp3) is 0.562. The Kier molecular flexibility index (Phi) is 3.94. The Morgan fingerprint density at radius 1 is 1.37 bits per heavy atom. The summed E-state index contributed by atoms with van der Waals surface area (Å²) in [4.78, 5) is 13.2. The molecule has 0 bridgehead atoms. The zero-order valence-electron chi connectivity index (χ0n) is 11.4. The lowest BCUT2D eigenvalue weighted by Crippen LogP contribution is -2.21. The number of rotatable bonds is 3. The lowest BCUT2D eigenvalue weighted by Gasteiger charge is -2.20. The second-order valence-corrected chi connectivity index (χ2v) is 6.74. The SMILES string of the molecule is COC1Cc2cc(CC3CCCCC3=O)ccc2S1. The first-order valence-corrected chi connectivity index (χ1v) is 7.98. The quantitative estimate of drug-likeness (QED) is 0.843. The van der Waals surface area contributed by atoms with Crippen molar-refractivity contribution >= 4 is 17.5 Å². The van der Waals surface area contributed by atoms with Gasteiger partial charge in [0.05, 0.1) is 0 Å². The molecule has 19 heavy (non-hydrogen) atoms. The molecule has 0 radical (unpaired) electrons. The number of carbonyl (C=O) groups is 1. The Morgan fingerprint density at radius 2 is 2.26 bits per heavy atom. The summed E-state index contributed by atoms with van der Waals surface area (Å²) >= 11 is 1.80. The molecule has 2 atom stereocenters. The molecular weight excluding hydrogens is 256 g/mol. The highest BCUT2D eigenvalue weighted by atomic mass is 32.2. The van der Waals surface area contributed by atoms with Gasteiger partial charge in [0.2, 0.25) is 0 Å². The number of methoxy groups -OCH3 is 1. The second-order valence-electron chi connectivity index (χ2n) is 5.54. The molecule has 0 amide bonds. The monoisotopic (exact) mass is 276 g/mol. The van der Waals surface area contributed by atoms with Gasteiger partial charge in [0.1, 0.15) is 11.2 Å². The number of hydrogen-bond donors (Lipinski definition) is 0. The van der Waals surface area contributed by atoms with E-state index in [1.807, 2.05) is 0 Å². The van der Waals surface area contributed by atoms with E-state index in [-0.39, 0.29) is 11.4 Å². The summed E-state index contributed by atoms with van der Waals surface area (Å²) in [7, 11) is 1.77. The molecule has 1 heterocycles. The Hall–Kier alpha value is -0.800. The van der Waals surface area contributed by atoms with E-state index in [9.17, 15) is 4.79 Å². The zero-order chi connectivity index (χ0) is 13.2. The number of fused-ring (bicyclic) bond motifs is 1. The van der Waals surface area contributed by atoms with Crippen LogP contribution in [0.25, 0.3) is 0 Å². The van der Waals surface area contributed by atoms with Gasteiger partial charge in [-0.2, -0.15) is 0 Å². The fourth-order valence-electron chi connectivity index (χ4n) is 3.08. The molecule has 3 heteroatoms. The van der Waals surface area contributed by atoms with E-state index in [2.05, 4.69) is 18.2 Å². The molecule has 1 aromatic carbocycles. The molecule has 3 rings (SSSR count). The largest absolute Gasteiger partial charge is 0.370 e. The van der Waals surface area contributed by atoms with Crippen molar-refractivity contribution < 1.29 is 9.53 Å². The summed E-state index contributed by atoms with van der Waals surface area (Å²) in [5, 5.41) is 0. The van der Waals surface area contributed by atoms with Crippen molar-refractivity contribution in [2.75, 3.05) is 7.11 Å². The summed E-state index contributed by atoms with van der Waals surface area (Å²) < 4.78 is 5.41. The maximum absolute atomic E-state index is 11.9. The van der Waals surface area contributed by atoms with Gasteiger partial charge in [-0.15, -0.1) is 0 Å². The molecule has 0 saturated heterocycles. The predicted molar refractivity (Wildman–Crippen MR) is 77.5 cm³/mol. The number of carbonyl (C=O) groups excluding carboxylic acids is 1. The molecule has 1 fully saturated rings. The van der Waals surface area contributed by atoms with Gasteiger partial charge in [-0.05, 0) is 36.5 Å². The number of thioether (sulfide) groups is 1. The second kappa shape index (κ2) is 5.68. The summed E-state index contributed by atoms with van der Waals surface area (Å²) in [5.41, 5.74) is 2.97. The Balaban J connectivity index is 1.71.